The molecule has 1 aromatic carbocycles. The van der Waals surface area contributed by atoms with E-state index in [2.05, 4.69) is 17.6 Å². The number of carbonyl (C=O) groups is 1. The van der Waals surface area contributed by atoms with Crippen molar-refractivity contribution in [3.63, 3.8) is 0 Å². The van der Waals surface area contributed by atoms with Gasteiger partial charge in [-0.1, -0.05) is 12.1 Å². The second-order valence-corrected chi connectivity index (χ2v) is 4.65. The third kappa shape index (κ3) is 6.25. The van der Waals surface area contributed by atoms with Crippen LogP contribution < -0.4 is 10.6 Å². The molecule has 0 spiro atoms. The predicted octanol–water partition coefficient (Wildman–Crippen LogP) is 2.20. The molecule has 1 unspecified atom stereocenters. The number of amides is 1. The fourth-order valence-corrected chi connectivity index (χ4v) is 1.82. The molecule has 1 aromatic rings. The minimum absolute atomic E-state index is 0.0664. The van der Waals surface area contributed by atoms with Crippen molar-refractivity contribution in [2.45, 2.75) is 32.7 Å². The summed E-state index contributed by atoms with van der Waals surface area (Å²) in [5.74, 6) is 0.0664. The Bertz CT molecular complexity index is 376. The molecule has 0 fully saturated rings. The van der Waals surface area contributed by atoms with Crippen LogP contribution in [0.4, 0.5) is 5.69 Å². The smallest absolute Gasteiger partial charge is 0.224 e. The van der Waals surface area contributed by atoms with Crippen molar-refractivity contribution in [3.05, 3.63) is 29.8 Å². The van der Waals surface area contributed by atoms with Gasteiger partial charge < -0.3 is 15.4 Å². The van der Waals surface area contributed by atoms with Crippen molar-refractivity contribution in [2.75, 3.05) is 25.6 Å². The third-order valence-corrected chi connectivity index (χ3v) is 2.86. The van der Waals surface area contributed by atoms with Crippen molar-refractivity contribution in [2.24, 2.45) is 0 Å². The normalized spacial score (nSPS) is 11.9. The van der Waals surface area contributed by atoms with Crippen molar-refractivity contribution in [3.8, 4) is 0 Å². The summed E-state index contributed by atoms with van der Waals surface area (Å²) in [6, 6.07) is 8.37. The fourth-order valence-electron chi connectivity index (χ4n) is 1.82. The molecule has 4 heteroatoms. The van der Waals surface area contributed by atoms with E-state index in [4.69, 9.17) is 4.74 Å². The van der Waals surface area contributed by atoms with E-state index in [1.807, 2.05) is 31.2 Å². The largest absolute Gasteiger partial charge is 0.385 e. The van der Waals surface area contributed by atoms with Crippen LogP contribution in [0.3, 0.4) is 0 Å². The molecule has 0 aliphatic rings. The summed E-state index contributed by atoms with van der Waals surface area (Å²) in [7, 11) is 1.71. The van der Waals surface area contributed by atoms with E-state index < -0.39 is 0 Å². The van der Waals surface area contributed by atoms with Gasteiger partial charge in [0.25, 0.3) is 0 Å². The number of carbonyl (C=O) groups excluding carboxylic acids is 1. The Morgan fingerprint density at radius 1 is 1.32 bits per heavy atom. The van der Waals surface area contributed by atoms with E-state index in [-0.39, 0.29) is 5.91 Å². The first-order chi connectivity index (χ1) is 9.15. The zero-order valence-electron chi connectivity index (χ0n) is 12.0. The van der Waals surface area contributed by atoms with Gasteiger partial charge in [-0.05, 0) is 38.0 Å². The number of methoxy groups -OCH3 is 1. The molecule has 1 amide bonds. The Labute approximate surface area is 115 Å². The SMILES string of the molecule is CCNC(=O)Cc1ccc(NC(C)CCOC)cc1. The average Bonchev–Trinajstić information content (AvgIpc) is 2.39. The molecule has 2 N–H and O–H groups in total. The van der Waals surface area contributed by atoms with Gasteiger partial charge in [0.15, 0.2) is 0 Å². The highest BCUT2D eigenvalue weighted by atomic mass is 16.5. The number of hydrogen-bond acceptors (Lipinski definition) is 3. The lowest BCUT2D eigenvalue weighted by atomic mass is 10.1. The molecule has 0 aromatic heterocycles. The fraction of sp³-hybridized carbons (Fsp3) is 0.533. The van der Waals surface area contributed by atoms with E-state index in [1.54, 1.807) is 7.11 Å². The molecule has 106 valence electrons. The van der Waals surface area contributed by atoms with Crippen LogP contribution in [-0.4, -0.2) is 32.2 Å². The molecular weight excluding hydrogens is 240 g/mol. The van der Waals surface area contributed by atoms with Gasteiger partial charge in [-0.15, -0.1) is 0 Å². The first-order valence-corrected chi connectivity index (χ1v) is 6.76. The number of likely N-dealkylation sites (N-methyl/N-ethyl adjacent to an activating group) is 1. The minimum atomic E-state index is 0.0664. The second kappa shape index (κ2) is 8.53. The summed E-state index contributed by atoms with van der Waals surface area (Å²) in [4.78, 5) is 11.5. The summed E-state index contributed by atoms with van der Waals surface area (Å²) in [5, 5.41) is 6.20. The van der Waals surface area contributed by atoms with Crippen LogP contribution in [0, 0.1) is 0 Å². The van der Waals surface area contributed by atoms with Crippen LogP contribution >= 0.6 is 0 Å². The Morgan fingerprint density at radius 3 is 2.58 bits per heavy atom. The van der Waals surface area contributed by atoms with Gasteiger partial charge in [0.05, 0.1) is 6.42 Å². The first kappa shape index (κ1) is 15.5. The quantitative estimate of drug-likeness (QED) is 0.757. The van der Waals surface area contributed by atoms with Gasteiger partial charge >= 0.3 is 0 Å². The zero-order chi connectivity index (χ0) is 14.1. The summed E-state index contributed by atoms with van der Waals surface area (Å²) in [6.45, 7) is 5.48. The maximum absolute atomic E-state index is 11.5. The number of hydrogen-bond donors (Lipinski definition) is 2. The van der Waals surface area contributed by atoms with E-state index in [0.29, 0.717) is 19.0 Å². The Morgan fingerprint density at radius 2 is 2.00 bits per heavy atom. The van der Waals surface area contributed by atoms with Gasteiger partial charge in [-0.3, -0.25) is 4.79 Å². The molecule has 0 aliphatic heterocycles. The molecule has 0 saturated carbocycles. The van der Waals surface area contributed by atoms with Crippen molar-refractivity contribution < 1.29 is 9.53 Å². The lowest BCUT2D eigenvalue weighted by molar-refractivity contribution is -0.120. The molecule has 1 atom stereocenters. The Kier molecular flexibility index (Phi) is 6.97. The number of nitrogens with one attached hydrogen (secondary N) is 2. The predicted molar refractivity (Wildman–Crippen MR) is 78.4 cm³/mol. The third-order valence-electron chi connectivity index (χ3n) is 2.86. The van der Waals surface area contributed by atoms with Crippen LogP contribution in [-0.2, 0) is 16.0 Å². The number of ether oxygens (including phenoxy) is 1. The van der Waals surface area contributed by atoms with Gasteiger partial charge in [-0.2, -0.15) is 0 Å². The van der Waals surface area contributed by atoms with Gasteiger partial charge in [-0.25, -0.2) is 0 Å². The van der Waals surface area contributed by atoms with Crippen LogP contribution in [0.2, 0.25) is 0 Å². The molecule has 19 heavy (non-hydrogen) atoms. The molecule has 0 saturated heterocycles. The van der Waals surface area contributed by atoms with Gasteiger partial charge in [0.2, 0.25) is 5.91 Å². The summed E-state index contributed by atoms with van der Waals surface area (Å²) in [5.41, 5.74) is 2.10. The Hall–Kier alpha value is -1.55. The van der Waals surface area contributed by atoms with Crippen LogP contribution in [0.25, 0.3) is 0 Å². The molecule has 0 bridgehead atoms. The molecule has 0 heterocycles. The maximum Gasteiger partial charge on any atom is 0.224 e. The van der Waals surface area contributed by atoms with E-state index >= 15 is 0 Å². The highest BCUT2D eigenvalue weighted by Crippen LogP contribution is 2.12. The van der Waals surface area contributed by atoms with E-state index in [9.17, 15) is 4.79 Å². The molecule has 4 nitrogen and oxygen atoms in total. The van der Waals surface area contributed by atoms with Crippen molar-refractivity contribution in [1.29, 1.82) is 0 Å². The van der Waals surface area contributed by atoms with Gasteiger partial charge in [0, 0.05) is 32.0 Å². The van der Waals surface area contributed by atoms with Crippen LogP contribution in [0.5, 0.6) is 0 Å². The number of anilines is 1. The number of benzene rings is 1. The van der Waals surface area contributed by atoms with Crippen molar-refractivity contribution in [1.82, 2.24) is 5.32 Å². The lowest BCUT2D eigenvalue weighted by Gasteiger charge is -2.15. The Balaban J connectivity index is 2.45. The second-order valence-electron chi connectivity index (χ2n) is 4.65. The summed E-state index contributed by atoms with van der Waals surface area (Å²) >= 11 is 0. The van der Waals surface area contributed by atoms with E-state index in [1.165, 1.54) is 0 Å². The van der Waals surface area contributed by atoms with Crippen molar-refractivity contribution >= 4 is 11.6 Å². The average molecular weight is 264 g/mol. The highest BCUT2D eigenvalue weighted by Gasteiger charge is 2.04. The number of rotatable bonds is 8. The van der Waals surface area contributed by atoms with E-state index in [0.717, 1.165) is 24.3 Å². The topological polar surface area (TPSA) is 50.4 Å². The zero-order valence-corrected chi connectivity index (χ0v) is 12.0. The van der Waals surface area contributed by atoms with Crippen LogP contribution in [0.15, 0.2) is 24.3 Å². The molecule has 0 radical (unpaired) electrons. The minimum Gasteiger partial charge on any atom is -0.385 e. The van der Waals surface area contributed by atoms with Crippen LogP contribution in [0.1, 0.15) is 25.8 Å². The molecule has 0 aliphatic carbocycles. The maximum atomic E-state index is 11.5. The highest BCUT2D eigenvalue weighted by molar-refractivity contribution is 5.78. The summed E-state index contributed by atoms with van der Waals surface area (Å²) in [6.07, 6.45) is 1.41. The van der Waals surface area contributed by atoms with Gasteiger partial charge in [0.1, 0.15) is 0 Å². The molecule has 1 rings (SSSR count). The summed E-state index contributed by atoms with van der Waals surface area (Å²) < 4.78 is 5.05. The lowest BCUT2D eigenvalue weighted by Crippen LogP contribution is -2.24. The molecular formula is C15H24N2O2. The standard InChI is InChI=1S/C15H24N2O2/c1-4-16-15(18)11-13-5-7-14(8-6-13)17-12(2)9-10-19-3/h5-8,12,17H,4,9-11H2,1-3H3,(H,16,18). The monoisotopic (exact) mass is 264 g/mol. The first-order valence-electron chi connectivity index (χ1n) is 6.76.